The van der Waals surface area contributed by atoms with Crippen molar-refractivity contribution in [2.45, 2.75) is 26.3 Å². The maximum Gasteiger partial charge on any atom is 0.338 e. The van der Waals surface area contributed by atoms with Crippen LogP contribution in [0.3, 0.4) is 0 Å². The van der Waals surface area contributed by atoms with Crippen LogP contribution in [0.5, 0.6) is 5.75 Å². The number of para-hydroxylation sites is 1. The molecule has 2 aliphatic heterocycles. The minimum atomic E-state index is -0.757. The first-order valence-corrected chi connectivity index (χ1v) is 12.4. The molecule has 36 heavy (non-hydrogen) atoms. The van der Waals surface area contributed by atoms with Gasteiger partial charge in [-0.25, -0.2) is 9.79 Å². The molecular formula is C27H25N3O5S. The number of nitrogens with zero attached hydrogens (tertiary/aromatic N) is 3. The number of aromatic nitrogens is 1. The van der Waals surface area contributed by atoms with E-state index in [-0.39, 0.29) is 17.0 Å². The zero-order chi connectivity index (χ0) is 25.6. The predicted molar refractivity (Wildman–Crippen MR) is 137 cm³/mol. The van der Waals surface area contributed by atoms with E-state index in [0.717, 1.165) is 17.7 Å². The normalized spacial score (nSPS) is 18.1. The fraction of sp³-hybridized carbons (Fsp3) is 0.259. The number of benzene rings is 2. The summed E-state index contributed by atoms with van der Waals surface area (Å²) in [5, 5.41) is 0. The van der Waals surface area contributed by atoms with Crippen molar-refractivity contribution in [1.82, 2.24) is 4.57 Å². The van der Waals surface area contributed by atoms with Crippen LogP contribution in [-0.2, 0) is 14.3 Å². The lowest BCUT2D eigenvalue weighted by atomic mass is 9.96. The number of ether oxygens (including phenoxy) is 2. The first-order valence-electron chi connectivity index (χ1n) is 11.6. The molecule has 5 rings (SSSR count). The number of carbonyl (C=O) groups is 2. The summed E-state index contributed by atoms with van der Waals surface area (Å²) in [6.07, 6.45) is 0.785. The zero-order valence-electron chi connectivity index (χ0n) is 20.4. The third kappa shape index (κ3) is 3.58. The van der Waals surface area contributed by atoms with E-state index in [1.807, 2.05) is 43.3 Å². The van der Waals surface area contributed by atoms with Gasteiger partial charge in [0.05, 0.1) is 42.8 Å². The van der Waals surface area contributed by atoms with Crippen LogP contribution >= 0.6 is 11.3 Å². The first-order chi connectivity index (χ1) is 17.4. The summed E-state index contributed by atoms with van der Waals surface area (Å²) < 4.78 is 12.1. The van der Waals surface area contributed by atoms with Gasteiger partial charge in [-0.2, -0.15) is 0 Å². The van der Waals surface area contributed by atoms with Gasteiger partial charge in [-0.15, -0.1) is 0 Å². The standard InChI is InChI=1S/C27H25N3O5S/c1-5-14-29-19-9-7-6-8-18(19)21(24(29)31)23-25(32)30-22(16-10-12-17(34-3)13-11-16)20(26(33)35-4)15(2)28-27(30)36-23/h6-13,22H,5,14H2,1-4H3/b23-21-/t22-/m1/s1. The molecule has 1 amide bonds. The quantitative estimate of drug-likeness (QED) is 0.499. The Morgan fingerprint density at radius 2 is 1.81 bits per heavy atom. The van der Waals surface area contributed by atoms with Crippen molar-refractivity contribution in [3.05, 3.63) is 90.6 Å². The Kier molecular flexibility index (Phi) is 6.09. The lowest BCUT2D eigenvalue weighted by Gasteiger charge is -2.24. The van der Waals surface area contributed by atoms with Crippen molar-refractivity contribution in [3.63, 3.8) is 0 Å². The molecule has 0 bridgehead atoms. The van der Waals surface area contributed by atoms with Gasteiger partial charge in [0.1, 0.15) is 10.3 Å². The highest BCUT2D eigenvalue weighted by Crippen LogP contribution is 2.36. The molecule has 8 nitrogen and oxygen atoms in total. The van der Waals surface area contributed by atoms with Crippen molar-refractivity contribution in [1.29, 1.82) is 0 Å². The molecule has 0 aliphatic carbocycles. The molecule has 0 saturated carbocycles. The molecule has 1 aromatic heterocycles. The van der Waals surface area contributed by atoms with Crippen LogP contribution in [0.1, 0.15) is 37.4 Å². The van der Waals surface area contributed by atoms with Gasteiger partial charge in [-0.1, -0.05) is 48.6 Å². The van der Waals surface area contributed by atoms with Gasteiger partial charge < -0.3 is 14.4 Å². The highest BCUT2D eigenvalue weighted by molar-refractivity contribution is 7.07. The molecule has 9 heteroatoms. The Balaban J connectivity index is 1.81. The zero-order valence-corrected chi connectivity index (χ0v) is 21.2. The van der Waals surface area contributed by atoms with Gasteiger partial charge in [0, 0.05) is 12.1 Å². The van der Waals surface area contributed by atoms with E-state index in [1.54, 1.807) is 31.1 Å². The Morgan fingerprint density at radius 1 is 1.08 bits per heavy atom. The van der Waals surface area contributed by atoms with E-state index in [4.69, 9.17) is 9.47 Å². The van der Waals surface area contributed by atoms with Gasteiger partial charge in [0.15, 0.2) is 4.80 Å². The SMILES string of the molecule is CCCN1C(=O)/C(=c2\sc3n(c2=O)[C@H](c2ccc(OC)cc2)C(C(=O)OC)=C(C)N=3)c2ccccc21. The lowest BCUT2D eigenvalue weighted by molar-refractivity contribution is -0.136. The number of amides is 1. The van der Waals surface area contributed by atoms with Gasteiger partial charge in [-0.05, 0) is 37.1 Å². The fourth-order valence-electron chi connectivity index (χ4n) is 4.79. The second-order valence-corrected chi connectivity index (χ2v) is 9.49. The van der Waals surface area contributed by atoms with Crippen molar-refractivity contribution >= 4 is 34.5 Å². The molecule has 0 N–H and O–H groups in total. The minimum Gasteiger partial charge on any atom is -0.497 e. The molecule has 0 unspecified atom stereocenters. The van der Waals surface area contributed by atoms with E-state index < -0.39 is 12.0 Å². The minimum absolute atomic E-state index is 0.201. The van der Waals surface area contributed by atoms with Crippen LogP contribution in [0.25, 0.3) is 5.57 Å². The van der Waals surface area contributed by atoms with Crippen molar-refractivity contribution < 1.29 is 19.1 Å². The molecule has 2 aliphatic rings. The average Bonchev–Trinajstić information content (AvgIpc) is 3.35. The summed E-state index contributed by atoms with van der Waals surface area (Å²) in [7, 11) is 2.87. The molecule has 3 aromatic rings. The number of fused-ring (bicyclic) bond motifs is 2. The van der Waals surface area contributed by atoms with E-state index in [2.05, 4.69) is 4.99 Å². The molecule has 3 heterocycles. The molecule has 0 saturated heterocycles. The molecule has 0 spiro atoms. The summed E-state index contributed by atoms with van der Waals surface area (Å²) in [5.41, 5.74) is 2.97. The number of hydrogen-bond acceptors (Lipinski definition) is 7. The van der Waals surface area contributed by atoms with Crippen LogP contribution in [0.4, 0.5) is 5.69 Å². The Hall–Kier alpha value is -3.98. The summed E-state index contributed by atoms with van der Waals surface area (Å²) >= 11 is 1.17. The number of rotatable bonds is 5. The predicted octanol–water partition coefficient (Wildman–Crippen LogP) is 2.54. The Bertz CT molecular complexity index is 1600. The van der Waals surface area contributed by atoms with E-state index in [1.165, 1.54) is 23.0 Å². The van der Waals surface area contributed by atoms with Gasteiger partial charge in [-0.3, -0.25) is 14.2 Å². The molecule has 1 atom stereocenters. The van der Waals surface area contributed by atoms with Gasteiger partial charge >= 0.3 is 5.97 Å². The summed E-state index contributed by atoms with van der Waals surface area (Å²) in [5.74, 6) is -0.113. The van der Waals surface area contributed by atoms with E-state index in [9.17, 15) is 14.4 Å². The summed E-state index contributed by atoms with van der Waals surface area (Å²) in [6.45, 7) is 4.29. The number of methoxy groups -OCH3 is 2. The van der Waals surface area contributed by atoms with Gasteiger partial charge in [0.2, 0.25) is 0 Å². The number of esters is 1. The van der Waals surface area contributed by atoms with Crippen molar-refractivity contribution in [2.75, 3.05) is 25.7 Å². The largest absolute Gasteiger partial charge is 0.497 e. The molecular weight excluding hydrogens is 478 g/mol. The highest BCUT2D eigenvalue weighted by Gasteiger charge is 2.37. The van der Waals surface area contributed by atoms with Crippen LogP contribution in [-0.4, -0.2) is 37.2 Å². The molecule has 184 valence electrons. The monoisotopic (exact) mass is 503 g/mol. The Labute approximate surface area is 211 Å². The van der Waals surface area contributed by atoms with E-state index in [0.29, 0.717) is 38.5 Å². The number of hydrogen-bond donors (Lipinski definition) is 0. The Morgan fingerprint density at radius 3 is 2.47 bits per heavy atom. The summed E-state index contributed by atoms with van der Waals surface area (Å²) in [4.78, 5) is 47.1. The molecule has 0 radical (unpaired) electrons. The number of allylic oxidation sites excluding steroid dienone is 1. The molecule has 2 aromatic carbocycles. The lowest BCUT2D eigenvalue weighted by Crippen LogP contribution is -2.40. The maximum absolute atomic E-state index is 14.0. The molecule has 0 fully saturated rings. The maximum atomic E-state index is 14.0. The third-order valence-electron chi connectivity index (χ3n) is 6.43. The number of carbonyl (C=O) groups excluding carboxylic acids is 2. The van der Waals surface area contributed by atoms with Gasteiger partial charge in [0.25, 0.3) is 11.5 Å². The fourth-order valence-corrected chi connectivity index (χ4v) is 5.93. The van der Waals surface area contributed by atoms with Crippen molar-refractivity contribution in [3.8, 4) is 5.75 Å². The highest BCUT2D eigenvalue weighted by atomic mass is 32.1. The summed E-state index contributed by atoms with van der Waals surface area (Å²) in [6, 6.07) is 13.9. The number of anilines is 1. The van der Waals surface area contributed by atoms with Crippen LogP contribution in [0.15, 0.2) is 69.6 Å². The first kappa shape index (κ1) is 23.7. The van der Waals surface area contributed by atoms with Crippen LogP contribution < -0.4 is 24.5 Å². The topological polar surface area (TPSA) is 90.2 Å². The third-order valence-corrected chi connectivity index (χ3v) is 7.48. The second kappa shape index (κ2) is 9.23. The van der Waals surface area contributed by atoms with E-state index >= 15 is 0 Å². The second-order valence-electron chi connectivity index (χ2n) is 8.52. The van der Waals surface area contributed by atoms with Crippen molar-refractivity contribution in [2.24, 2.45) is 4.99 Å². The average molecular weight is 504 g/mol. The van der Waals surface area contributed by atoms with Crippen LogP contribution in [0.2, 0.25) is 0 Å². The van der Waals surface area contributed by atoms with Crippen LogP contribution in [0, 0.1) is 0 Å². The number of thiazole rings is 1. The smallest absolute Gasteiger partial charge is 0.338 e.